The van der Waals surface area contributed by atoms with Gasteiger partial charge in [-0.25, -0.2) is 25.9 Å². The van der Waals surface area contributed by atoms with Gasteiger partial charge in [0.15, 0.2) is 0 Å². The molecular formula is C19H30FN3O5S2. The summed E-state index contributed by atoms with van der Waals surface area (Å²) in [6.45, 7) is 6.15. The molecule has 1 N–H and O–H groups in total. The zero-order chi connectivity index (χ0) is 22.5. The van der Waals surface area contributed by atoms with Gasteiger partial charge >= 0.3 is 0 Å². The Morgan fingerprint density at radius 3 is 2.27 bits per heavy atom. The van der Waals surface area contributed by atoms with Crippen LogP contribution in [0.4, 0.5) is 4.39 Å². The molecule has 8 nitrogen and oxygen atoms in total. The molecule has 1 saturated heterocycles. The second-order valence-corrected chi connectivity index (χ2v) is 11.0. The van der Waals surface area contributed by atoms with Gasteiger partial charge in [-0.05, 0) is 37.5 Å². The maximum Gasteiger partial charge on any atom is 0.253 e. The van der Waals surface area contributed by atoms with Crippen molar-refractivity contribution in [1.82, 2.24) is 13.9 Å². The van der Waals surface area contributed by atoms with Crippen molar-refractivity contribution in [3.05, 3.63) is 29.6 Å². The highest BCUT2D eigenvalue weighted by Gasteiger charge is 2.29. The third-order valence-electron chi connectivity index (χ3n) is 5.10. The number of piperidine rings is 1. The van der Waals surface area contributed by atoms with Gasteiger partial charge in [-0.3, -0.25) is 4.79 Å². The van der Waals surface area contributed by atoms with Crippen LogP contribution < -0.4 is 4.72 Å². The van der Waals surface area contributed by atoms with E-state index in [1.54, 1.807) is 20.8 Å². The third-order valence-corrected chi connectivity index (χ3v) is 8.81. The van der Waals surface area contributed by atoms with Gasteiger partial charge in [0.1, 0.15) is 10.7 Å². The molecule has 2 rings (SSSR count). The number of nitrogens with one attached hydrogen (secondary N) is 1. The van der Waals surface area contributed by atoms with E-state index in [-0.39, 0.29) is 30.4 Å². The minimum atomic E-state index is -4.04. The van der Waals surface area contributed by atoms with Crippen LogP contribution in [0.15, 0.2) is 23.1 Å². The predicted molar refractivity (Wildman–Crippen MR) is 113 cm³/mol. The Morgan fingerprint density at radius 1 is 1.13 bits per heavy atom. The van der Waals surface area contributed by atoms with Crippen molar-refractivity contribution in [3.8, 4) is 0 Å². The van der Waals surface area contributed by atoms with Gasteiger partial charge < -0.3 is 4.90 Å². The first-order chi connectivity index (χ1) is 14.1. The van der Waals surface area contributed by atoms with Crippen LogP contribution in [0.2, 0.25) is 0 Å². The maximum atomic E-state index is 14.3. The first-order valence-electron chi connectivity index (χ1n) is 10.1. The summed E-state index contributed by atoms with van der Waals surface area (Å²) in [6, 6.07) is 3.11. The monoisotopic (exact) mass is 463 g/mol. The number of rotatable bonds is 9. The Hall–Kier alpha value is -1.56. The predicted octanol–water partition coefficient (Wildman–Crippen LogP) is 1.79. The number of benzene rings is 1. The van der Waals surface area contributed by atoms with Crippen molar-refractivity contribution in [1.29, 1.82) is 0 Å². The van der Waals surface area contributed by atoms with Gasteiger partial charge in [0.2, 0.25) is 20.0 Å². The molecule has 0 aliphatic carbocycles. The fourth-order valence-electron chi connectivity index (χ4n) is 3.50. The zero-order valence-electron chi connectivity index (χ0n) is 17.6. The lowest BCUT2D eigenvalue weighted by Crippen LogP contribution is -2.47. The zero-order valence-corrected chi connectivity index (χ0v) is 19.2. The van der Waals surface area contributed by atoms with Crippen LogP contribution in [0.1, 0.15) is 50.4 Å². The largest absolute Gasteiger partial charge is 0.339 e. The Kier molecular flexibility index (Phi) is 8.37. The van der Waals surface area contributed by atoms with E-state index in [9.17, 15) is 26.0 Å². The first-order valence-corrected chi connectivity index (χ1v) is 13.2. The van der Waals surface area contributed by atoms with Crippen LogP contribution in [0.3, 0.4) is 0 Å². The molecule has 0 atom stereocenters. The fourth-order valence-corrected chi connectivity index (χ4v) is 6.45. The molecule has 1 aromatic carbocycles. The van der Waals surface area contributed by atoms with Crippen molar-refractivity contribution >= 4 is 26.0 Å². The highest BCUT2D eigenvalue weighted by atomic mass is 32.2. The molecule has 0 spiro atoms. The summed E-state index contributed by atoms with van der Waals surface area (Å²) in [7, 11) is -7.37. The second kappa shape index (κ2) is 10.2. The van der Waals surface area contributed by atoms with E-state index in [0.29, 0.717) is 32.4 Å². The summed E-state index contributed by atoms with van der Waals surface area (Å²) in [5.41, 5.74) is 0.0899. The van der Waals surface area contributed by atoms with Crippen LogP contribution in [0, 0.1) is 5.82 Å². The number of sulfonamides is 2. The number of amides is 1. The summed E-state index contributed by atoms with van der Waals surface area (Å²) >= 11 is 0. The molecule has 1 heterocycles. The number of hydrogen-bond donors (Lipinski definition) is 1. The van der Waals surface area contributed by atoms with Gasteiger partial charge in [-0.1, -0.05) is 20.8 Å². The molecule has 0 saturated carbocycles. The fraction of sp³-hybridized carbons (Fsp3) is 0.632. The number of carbonyl (C=O) groups is 1. The molecule has 1 fully saturated rings. The summed E-state index contributed by atoms with van der Waals surface area (Å²) in [4.78, 5) is 13.9. The average Bonchev–Trinajstić information content (AvgIpc) is 2.68. The van der Waals surface area contributed by atoms with Crippen LogP contribution in [-0.4, -0.2) is 69.9 Å². The normalized spacial score (nSPS) is 16.2. The molecular weight excluding hydrogens is 433 g/mol. The van der Waals surface area contributed by atoms with Gasteiger partial charge in [0, 0.05) is 37.8 Å². The van der Waals surface area contributed by atoms with Crippen LogP contribution in [0.5, 0.6) is 0 Å². The van der Waals surface area contributed by atoms with E-state index in [1.807, 2.05) is 0 Å². The van der Waals surface area contributed by atoms with E-state index in [2.05, 4.69) is 4.72 Å². The molecule has 0 unspecified atom stereocenters. The molecule has 0 aromatic heterocycles. The Labute approximate surface area is 178 Å². The average molecular weight is 464 g/mol. The standard InChI is InChI=1S/C19H30FN3O5S2/c1-4-13-29(25,26)21-16-9-11-22(12-10-16)19(24)15-7-8-17(20)18(14-15)30(27,28)23(5-2)6-3/h7-8,14,16,21H,4-6,9-13H2,1-3H3. The second-order valence-electron chi connectivity index (χ2n) is 7.24. The molecule has 170 valence electrons. The quantitative estimate of drug-likeness (QED) is 0.601. The molecule has 1 aromatic rings. The van der Waals surface area contributed by atoms with Gasteiger partial charge in [0.05, 0.1) is 5.75 Å². The van der Waals surface area contributed by atoms with Crippen molar-refractivity contribution in [2.24, 2.45) is 0 Å². The Balaban J connectivity index is 2.14. The molecule has 1 amide bonds. The summed E-state index contributed by atoms with van der Waals surface area (Å²) in [5, 5.41) is 0. The Morgan fingerprint density at radius 2 is 1.73 bits per heavy atom. The van der Waals surface area contributed by atoms with Crippen LogP contribution >= 0.6 is 0 Å². The van der Waals surface area contributed by atoms with Gasteiger partial charge in [-0.15, -0.1) is 0 Å². The summed E-state index contributed by atoms with van der Waals surface area (Å²) < 4.78 is 67.3. The number of halogens is 1. The summed E-state index contributed by atoms with van der Waals surface area (Å²) in [6.07, 6.45) is 1.44. The van der Waals surface area contributed by atoms with Crippen molar-refractivity contribution in [2.45, 2.75) is 51.0 Å². The number of nitrogens with zero attached hydrogens (tertiary/aromatic N) is 2. The lowest BCUT2D eigenvalue weighted by Gasteiger charge is -2.32. The van der Waals surface area contributed by atoms with E-state index < -0.39 is 36.7 Å². The minimum Gasteiger partial charge on any atom is -0.339 e. The molecule has 0 bridgehead atoms. The SMILES string of the molecule is CCCS(=O)(=O)NC1CCN(C(=O)c2ccc(F)c(S(=O)(=O)N(CC)CC)c2)CC1. The maximum absolute atomic E-state index is 14.3. The third kappa shape index (κ3) is 5.77. The van der Waals surface area contributed by atoms with E-state index in [1.165, 1.54) is 11.0 Å². The molecule has 1 aliphatic heterocycles. The van der Waals surface area contributed by atoms with Gasteiger partial charge in [-0.2, -0.15) is 4.31 Å². The van der Waals surface area contributed by atoms with E-state index in [4.69, 9.17) is 0 Å². The van der Waals surface area contributed by atoms with Gasteiger partial charge in [0.25, 0.3) is 5.91 Å². The molecule has 0 radical (unpaired) electrons. The number of likely N-dealkylation sites (tertiary alicyclic amines) is 1. The van der Waals surface area contributed by atoms with Crippen LogP contribution in [-0.2, 0) is 20.0 Å². The lowest BCUT2D eigenvalue weighted by molar-refractivity contribution is 0.0711. The van der Waals surface area contributed by atoms with Crippen LogP contribution in [0.25, 0.3) is 0 Å². The van der Waals surface area contributed by atoms with Crippen molar-refractivity contribution < 1.29 is 26.0 Å². The molecule has 11 heteroatoms. The first kappa shape index (κ1) is 24.7. The van der Waals surface area contributed by atoms with E-state index >= 15 is 0 Å². The number of carbonyl (C=O) groups excluding carboxylic acids is 1. The van der Waals surface area contributed by atoms with Crippen molar-refractivity contribution in [3.63, 3.8) is 0 Å². The minimum absolute atomic E-state index is 0.0610. The molecule has 1 aliphatic rings. The summed E-state index contributed by atoms with van der Waals surface area (Å²) in [5.74, 6) is -1.24. The lowest BCUT2D eigenvalue weighted by atomic mass is 10.0. The Bertz CT molecular complexity index is 954. The van der Waals surface area contributed by atoms with Crippen molar-refractivity contribution in [2.75, 3.05) is 31.9 Å². The topological polar surface area (TPSA) is 104 Å². The van der Waals surface area contributed by atoms with E-state index in [0.717, 1.165) is 16.4 Å². The number of hydrogen-bond acceptors (Lipinski definition) is 5. The smallest absolute Gasteiger partial charge is 0.253 e. The highest BCUT2D eigenvalue weighted by molar-refractivity contribution is 7.89. The molecule has 30 heavy (non-hydrogen) atoms. The highest BCUT2D eigenvalue weighted by Crippen LogP contribution is 2.23.